The zero-order chi connectivity index (χ0) is 26.1. The number of nitro benzene ring substituents is 1. The van der Waals surface area contributed by atoms with Crippen molar-refractivity contribution < 1.29 is 14.1 Å². The molecule has 0 N–H and O–H groups in total. The molecule has 0 aliphatic carbocycles. The number of carbonyl (C=O) groups excluding carboxylic acids is 1. The minimum atomic E-state index is -0.423. The Morgan fingerprint density at radius 3 is 2.24 bits per heavy atom. The van der Waals surface area contributed by atoms with Crippen LogP contribution in [0, 0.1) is 30.9 Å². The van der Waals surface area contributed by atoms with Gasteiger partial charge in [0, 0.05) is 23.8 Å². The lowest BCUT2D eigenvalue weighted by atomic mass is 10.1. The van der Waals surface area contributed by atoms with E-state index in [1.807, 2.05) is 62.4 Å². The van der Waals surface area contributed by atoms with Gasteiger partial charge in [0.05, 0.1) is 21.2 Å². The highest BCUT2D eigenvalue weighted by Crippen LogP contribution is 2.38. The quantitative estimate of drug-likeness (QED) is 0.157. The van der Waals surface area contributed by atoms with Crippen molar-refractivity contribution in [3.05, 3.63) is 116 Å². The Balaban J connectivity index is 1.49. The van der Waals surface area contributed by atoms with Crippen molar-refractivity contribution in [3.8, 4) is 11.3 Å². The first-order valence-corrected chi connectivity index (χ1v) is 12.4. The van der Waals surface area contributed by atoms with Crippen LogP contribution >= 0.6 is 11.8 Å². The lowest BCUT2D eigenvalue weighted by Crippen LogP contribution is -2.28. The van der Waals surface area contributed by atoms with E-state index in [1.165, 1.54) is 23.9 Å². The van der Waals surface area contributed by atoms with Gasteiger partial charge in [-0.15, -0.1) is 0 Å². The summed E-state index contributed by atoms with van der Waals surface area (Å²) >= 11 is 1.29. The lowest BCUT2D eigenvalue weighted by Gasteiger charge is -2.16. The molecule has 0 unspecified atom stereocenters. The van der Waals surface area contributed by atoms with E-state index in [0.29, 0.717) is 21.6 Å². The van der Waals surface area contributed by atoms with Crippen LogP contribution in [0.4, 0.5) is 17.1 Å². The van der Waals surface area contributed by atoms with Gasteiger partial charge in [-0.2, -0.15) is 0 Å². The second kappa shape index (κ2) is 9.91. The van der Waals surface area contributed by atoms with Crippen LogP contribution in [0.15, 0.2) is 93.2 Å². The van der Waals surface area contributed by atoms with E-state index >= 15 is 0 Å². The predicted molar refractivity (Wildman–Crippen MR) is 148 cm³/mol. The molecule has 3 aromatic carbocycles. The van der Waals surface area contributed by atoms with Gasteiger partial charge < -0.3 is 4.42 Å². The third-order valence-electron chi connectivity index (χ3n) is 5.94. The molecule has 0 spiro atoms. The molecule has 1 aromatic heterocycles. The molecule has 0 radical (unpaired) electrons. The molecule has 0 atom stereocenters. The summed E-state index contributed by atoms with van der Waals surface area (Å²) in [6.45, 7) is 5.81. The fourth-order valence-electron chi connectivity index (χ4n) is 3.94. The van der Waals surface area contributed by atoms with Gasteiger partial charge in [-0.25, -0.2) is 4.99 Å². The van der Waals surface area contributed by atoms with Crippen LogP contribution in [0.1, 0.15) is 22.5 Å². The number of carbonyl (C=O) groups is 1. The number of nitrogens with zero attached hydrogens (tertiary/aromatic N) is 3. The van der Waals surface area contributed by atoms with E-state index in [2.05, 4.69) is 0 Å². The lowest BCUT2D eigenvalue weighted by molar-refractivity contribution is -0.384. The summed E-state index contributed by atoms with van der Waals surface area (Å²) in [4.78, 5) is 31.0. The third-order valence-corrected chi connectivity index (χ3v) is 6.91. The summed E-state index contributed by atoms with van der Waals surface area (Å²) in [5.74, 6) is 0.881. The van der Waals surface area contributed by atoms with Crippen molar-refractivity contribution >= 4 is 46.0 Å². The number of nitro groups is 1. The summed E-state index contributed by atoms with van der Waals surface area (Å²) in [7, 11) is 0. The molecule has 1 aliphatic heterocycles. The average Bonchev–Trinajstić information content (AvgIpc) is 3.45. The van der Waals surface area contributed by atoms with Gasteiger partial charge in [-0.1, -0.05) is 35.4 Å². The molecule has 0 saturated carbocycles. The van der Waals surface area contributed by atoms with Crippen molar-refractivity contribution in [2.45, 2.75) is 20.8 Å². The number of amides is 1. The molecule has 0 bridgehead atoms. The summed E-state index contributed by atoms with van der Waals surface area (Å²) in [6, 6.07) is 23.8. The molecule has 4 aromatic rings. The minimum absolute atomic E-state index is 0.0275. The Labute approximate surface area is 218 Å². The van der Waals surface area contributed by atoms with Crippen molar-refractivity contribution in [3.63, 3.8) is 0 Å². The average molecular weight is 510 g/mol. The standard InChI is InChI=1S/C29H23N3O4S/c1-18-4-8-21(9-5-18)30-29-31(22-10-6-19(2)7-11-22)28(33)27(37-29)17-24-13-15-26(36-24)25-14-12-23(32(34)35)16-20(25)3/h4-17H,1-3H3. The number of aryl methyl sites for hydroxylation is 3. The van der Waals surface area contributed by atoms with Crippen LogP contribution in [0.2, 0.25) is 0 Å². The molecule has 2 heterocycles. The number of hydrogen-bond acceptors (Lipinski definition) is 6. The van der Waals surface area contributed by atoms with Crippen LogP contribution in [0.5, 0.6) is 0 Å². The van der Waals surface area contributed by atoms with Crippen molar-refractivity contribution in [2.75, 3.05) is 4.90 Å². The Morgan fingerprint density at radius 1 is 0.919 bits per heavy atom. The number of aliphatic imine (C=N–C) groups is 1. The van der Waals surface area contributed by atoms with Gasteiger partial charge in [-0.05, 0) is 80.6 Å². The van der Waals surface area contributed by atoms with Gasteiger partial charge >= 0.3 is 0 Å². The molecule has 184 valence electrons. The Kier molecular flexibility index (Phi) is 6.50. The van der Waals surface area contributed by atoms with Crippen molar-refractivity contribution in [2.24, 2.45) is 4.99 Å². The van der Waals surface area contributed by atoms with Gasteiger partial charge in [0.25, 0.3) is 11.6 Å². The fraction of sp³-hybridized carbons (Fsp3) is 0.103. The van der Waals surface area contributed by atoms with Crippen molar-refractivity contribution in [1.82, 2.24) is 0 Å². The first-order valence-electron chi connectivity index (χ1n) is 11.6. The summed E-state index contributed by atoms with van der Waals surface area (Å²) in [5.41, 5.74) is 5.23. The zero-order valence-corrected chi connectivity index (χ0v) is 21.3. The molecular weight excluding hydrogens is 486 g/mol. The number of anilines is 1. The van der Waals surface area contributed by atoms with E-state index in [-0.39, 0.29) is 11.6 Å². The Morgan fingerprint density at radius 2 is 1.59 bits per heavy atom. The summed E-state index contributed by atoms with van der Waals surface area (Å²) in [6.07, 6.45) is 1.70. The topological polar surface area (TPSA) is 89.0 Å². The van der Waals surface area contributed by atoms with Gasteiger partial charge in [0.15, 0.2) is 5.17 Å². The van der Waals surface area contributed by atoms with Crippen LogP contribution in [-0.4, -0.2) is 16.0 Å². The molecule has 1 amide bonds. The number of amidine groups is 1. The number of non-ortho nitro benzene ring substituents is 1. The van der Waals surface area contributed by atoms with Crippen LogP contribution in [0.25, 0.3) is 17.4 Å². The van der Waals surface area contributed by atoms with Crippen LogP contribution in [0.3, 0.4) is 0 Å². The van der Waals surface area contributed by atoms with E-state index in [0.717, 1.165) is 33.6 Å². The summed E-state index contributed by atoms with van der Waals surface area (Å²) < 4.78 is 6.01. The molecular formula is C29H23N3O4S. The second-order valence-electron chi connectivity index (χ2n) is 8.78. The molecule has 5 rings (SSSR count). The van der Waals surface area contributed by atoms with E-state index in [1.54, 1.807) is 36.1 Å². The van der Waals surface area contributed by atoms with Crippen molar-refractivity contribution in [1.29, 1.82) is 0 Å². The second-order valence-corrected chi connectivity index (χ2v) is 9.78. The fourth-order valence-corrected chi connectivity index (χ4v) is 4.92. The van der Waals surface area contributed by atoms with Gasteiger partial charge in [0.2, 0.25) is 0 Å². The SMILES string of the molecule is Cc1ccc(N=C2SC(=Cc3ccc(-c4ccc([N+](=O)[O-])cc4C)o3)C(=O)N2c2ccc(C)cc2)cc1. The third kappa shape index (κ3) is 5.10. The zero-order valence-electron chi connectivity index (χ0n) is 20.5. The van der Waals surface area contributed by atoms with Crippen LogP contribution < -0.4 is 4.90 Å². The van der Waals surface area contributed by atoms with E-state index in [4.69, 9.17) is 9.41 Å². The van der Waals surface area contributed by atoms with Gasteiger partial charge in [-0.3, -0.25) is 19.8 Å². The maximum atomic E-state index is 13.5. The van der Waals surface area contributed by atoms with E-state index in [9.17, 15) is 14.9 Å². The maximum absolute atomic E-state index is 13.5. The first-order chi connectivity index (χ1) is 17.8. The highest BCUT2D eigenvalue weighted by atomic mass is 32.2. The van der Waals surface area contributed by atoms with Crippen LogP contribution in [-0.2, 0) is 4.79 Å². The maximum Gasteiger partial charge on any atom is 0.271 e. The largest absolute Gasteiger partial charge is 0.457 e. The molecule has 7 nitrogen and oxygen atoms in total. The van der Waals surface area contributed by atoms with E-state index < -0.39 is 4.92 Å². The monoisotopic (exact) mass is 509 g/mol. The first kappa shape index (κ1) is 24.3. The highest BCUT2D eigenvalue weighted by Gasteiger charge is 2.35. The summed E-state index contributed by atoms with van der Waals surface area (Å²) in [5, 5.41) is 11.6. The molecule has 37 heavy (non-hydrogen) atoms. The normalized spacial score (nSPS) is 15.6. The molecule has 1 aliphatic rings. The minimum Gasteiger partial charge on any atom is -0.457 e. The highest BCUT2D eigenvalue weighted by molar-refractivity contribution is 8.19. The Hall–Kier alpha value is -4.43. The number of benzene rings is 3. The number of hydrogen-bond donors (Lipinski definition) is 0. The Bertz CT molecular complexity index is 1570. The molecule has 1 fully saturated rings. The number of furan rings is 1. The number of rotatable bonds is 5. The predicted octanol–water partition coefficient (Wildman–Crippen LogP) is 7.59. The smallest absolute Gasteiger partial charge is 0.271 e. The van der Waals surface area contributed by atoms with Gasteiger partial charge in [0.1, 0.15) is 11.5 Å². The number of thioether (sulfide) groups is 1. The molecule has 8 heteroatoms. The molecule has 1 saturated heterocycles.